The molecule has 0 aliphatic carbocycles. The Morgan fingerprint density at radius 1 is 0.254 bits per heavy atom. The quantitative estimate of drug-likeness (QED) is 0.0496. The molecule has 358 valence electrons. The monoisotopic (exact) mass is 1090 g/mol. The summed E-state index contributed by atoms with van der Waals surface area (Å²) in [7, 11) is 0. The molecule has 27 heteroatoms. The number of hydrogen-bond donors (Lipinski definition) is 0. The van der Waals surface area contributed by atoms with Gasteiger partial charge in [-0.3, -0.25) is 0 Å². The molecule has 0 aromatic heterocycles. The van der Waals surface area contributed by atoms with Gasteiger partial charge in [0.1, 0.15) is 0 Å². The third-order valence-corrected chi connectivity index (χ3v) is 7.89. The molecule has 0 aromatic rings. The topological polar surface area (TPSA) is 397 Å². The summed E-state index contributed by atoms with van der Waals surface area (Å²) in [4.78, 5) is 49.5. The van der Waals surface area contributed by atoms with E-state index >= 15 is 0 Å². The van der Waals surface area contributed by atoms with Crippen LogP contribution in [0.3, 0.4) is 0 Å². The Hall–Kier alpha value is -3.89. The van der Waals surface area contributed by atoms with Gasteiger partial charge in [0.15, 0.2) is 0 Å². The van der Waals surface area contributed by atoms with Crippen LogP contribution in [-0.2, 0) is 0 Å². The van der Waals surface area contributed by atoms with Crippen LogP contribution >= 0.6 is 0 Å². The zero-order valence-electron chi connectivity index (χ0n) is 36.3. The van der Waals surface area contributed by atoms with Crippen LogP contribution in [0.25, 0.3) is 0 Å². The minimum atomic E-state index is -1.75. The number of quaternary nitrogens is 2. The molecule has 59 heavy (non-hydrogen) atoms. The van der Waals surface area contributed by atoms with Gasteiger partial charge in [-0.05, 0) is 51.4 Å². The van der Waals surface area contributed by atoms with Crippen molar-refractivity contribution in [2.45, 2.75) is 158 Å². The van der Waals surface area contributed by atoms with Gasteiger partial charge in [-0.15, -0.1) is 0 Å². The molecule has 0 N–H and O–H groups in total. The first kappa shape index (κ1) is 75.9. The number of rotatable bonds is 24. The van der Waals surface area contributed by atoms with E-state index in [9.17, 15) is 0 Å². The summed E-state index contributed by atoms with van der Waals surface area (Å²) in [6.45, 7) is 30.0. The van der Waals surface area contributed by atoms with E-state index in [1.807, 2.05) is 0 Å². The molecule has 0 amide bonds. The van der Waals surface area contributed by atoms with E-state index in [0.717, 1.165) is 0 Å². The summed E-state index contributed by atoms with van der Waals surface area (Å²) in [5.41, 5.74) is 0. The van der Waals surface area contributed by atoms with Crippen LogP contribution in [-0.4, -0.2) is 91.8 Å². The van der Waals surface area contributed by atoms with Crippen molar-refractivity contribution in [2.75, 3.05) is 52.4 Å². The third kappa shape index (κ3) is 113. The van der Waals surface area contributed by atoms with Gasteiger partial charge in [0.25, 0.3) is 0 Å². The van der Waals surface area contributed by atoms with Crippen molar-refractivity contribution < 1.29 is 68.7 Å². The number of nitrogens with zero attached hydrogens (tertiary/aromatic N) is 8. The minimum Gasteiger partial charge on any atom is -0.356 e. The Labute approximate surface area is 369 Å². The predicted molar refractivity (Wildman–Crippen MR) is 221 cm³/mol. The molecule has 0 spiro atoms. The largest absolute Gasteiger partial charge is 0.356 e. The van der Waals surface area contributed by atoms with Crippen LogP contribution in [0.2, 0.25) is 0 Å². The maximum Gasteiger partial charge on any atom is 0.0786 e. The van der Waals surface area contributed by atoms with Gasteiger partial charge < -0.3 is 101 Å². The summed E-state index contributed by atoms with van der Waals surface area (Å²) >= 11 is 0. The standard InChI is InChI=1S/2C16H36N.6NO3.Pu/c2*1-5-9-13-17(14-10-6-2,15-11-7-3)16-12-8-4;6*2-1(3)4;/h2*5-16H2,1-4H3;;;;;;;/q2*+1;6*-1;. The second kappa shape index (κ2) is 60.8. The molecule has 0 aliphatic heterocycles. The zero-order valence-corrected chi connectivity index (χ0v) is 39.7. The van der Waals surface area contributed by atoms with Crippen molar-refractivity contribution in [1.82, 2.24) is 0 Å². The Kier molecular flexibility index (Phi) is 78.2. The molecule has 0 atom stereocenters. The fourth-order valence-electron chi connectivity index (χ4n) is 5.29. The normalized spacial score (nSPS) is 9.36. The van der Waals surface area contributed by atoms with E-state index in [-0.39, 0.29) is 29.2 Å². The van der Waals surface area contributed by atoms with E-state index < -0.39 is 30.5 Å². The SMILES string of the molecule is CCCC[N+](CCCC)(CCCC)CCCC.CCCC[N+](CCCC)(CCCC)CCCC.O=[N+]([O-])[O-].O=[N+]([O-])[O-].O=[N+]([O-])[O-].O=[N+]([O-])[O-].O=[N+]([O-])[O-].O=[N+]([O-])[O-].[Pu]. The Bertz CT molecular complexity index is 720. The van der Waals surface area contributed by atoms with E-state index in [4.69, 9.17) is 91.9 Å². The molecule has 0 bridgehead atoms. The summed E-state index contributed by atoms with van der Waals surface area (Å²) in [5, 5.41) is 88.5. The Balaban J connectivity index is -0.0000000778. The summed E-state index contributed by atoms with van der Waals surface area (Å²) in [5.74, 6) is 0. The van der Waals surface area contributed by atoms with Crippen LogP contribution in [0.4, 0.5) is 0 Å². The molecule has 0 radical (unpaired) electrons. The molecular formula is C32H72N8O18Pu-4. The average Bonchev–Trinajstić information content (AvgIpc) is 3.09. The first-order chi connectivity index (χ1) is 26.9. The molecular weight excluding hydrogens is 1030 g/mol. The summed E-state index contributed by atoms with van der Waals surface area (Å²) < 4.78 is 2.84. The predicted octanol–water partition coefficient (Wildman–Crippen LogP) is 8.57. The van der Waals surface area contributed by atoms with Crippen molar-refractivity contribution in [3.63, 3.8) is 0 Å². The van der Waals surface area contributed by atoms with Gasteiger partial charge in [-0.2, -0.15) is 0 Å². The molecule has 0 aliphatic rings. The Morgan fingerprint density at radius 3 is 0.373 bits per heavy atom. The maximum absolute atomic E-state index is 8.25. The van der Waals surface area contributed by atoms with Gasteiger partial charge in [-0.25, -0.2) is 0 Å². The van der Waals surface area contributed by atoms with Gasteiger partial charge in [0, 0.05) is 29.2 Å². The molecule has 0 saturated carbocycles. The first-order valence-electron chi connectivity index (χ1n) is 19.5. The van der Waals surface area contributed by atoms with Crippen molar-refractivity contribution in [3.8, 4) is 0 Å². The fraction of sp³-hybridized carbons (Fsp3) is 1.00. The third-order valence-electron chi connectivity index (χ3n) is 7.89. The van der Waals surface area contributed by atoms with E-state index in [1.165, 1.54) is 164 Å². The van der Waals surface area contributed by atoms with Crippen molar-refractivity contribution in [1.29, 1.82) is 0 Å². The maximum atomic E-state index is 8.25. The van der Waals surface area contributed by atoms with E-state index in [2.05, 4.69) is 55.4 Å². The van der Waals surface area contributed by atoms with Crippen LogP contribution in [0, 0.1) is 121 Å². The van der Waals surface area contributed by atoms with Gasteiger partial charge in [0.2, 0.25) is 0 Å². The molecule has 0 unspecified atom stereocenters. The Morgan fingerprint density at radius 2 is 0.322 bits per heavy atom. The summed E-state index contributed by atoms with van der Waals surface area (Å²) in [6, 6.07) is 0. The van der Waals surface area contributed by atoms with Gasteiger partial charge >= 0.3 is 0 Å². The van der Waals surface area contributed by atoms with Crippen molar-refractivity contribution >= 4 is 0 Å². The zero-order chi connectivity index (χ0) is 47.4. The fourth-order valence-corrected chi connectivity index (χ4v) is 5.29. The molecule has 0 aromatic carbocycles. The minimum absolute atomic E-state index is 0. The molecule has 0 fully saturated rings. The van der Waals surface area contributed by atoms with Gasteiger partial charge in [0.05, 0.1) is 82.9 Å². The molecule has 0 saturated heterocycles. The molecule has 0 rings (SSSR count). The second-order valence-electron chi connectivity index (χ2n) is 12.6. The van der Waals surface area contributed by atoms with Crippen molar-refractivity contribution in [2.24, 2.45) is 0 Å². The second-order valence-corrected chi connectivity index (χ2v) is 12.6. The molecule has 0 heterocycles. The number of unbranched alkanes of at least 4 members (excludes halogenated alkanes) is 8. The number of hydrogen-bond acceptors (Lipinski definition) is 18. The molecule has 26 nitrogen and oxygen atoms in total. The van der Waals surface area contributed by atoms with Crippen LogP contribution in [0.15, 0.2) is 0 Å². The smallest absolute Gasteiger partial charge is 0.0786 e. The van der Waals surface area contributed by atoms with Crippen LogP contribution in [0.5, 0.6) is 0 Å². The van der Waals surface area contributed by atoms with Crippen molar-refractivity contribution in [3.05, 3.63) is 91.9 Å². The summed E-state index contributed by atoms with van der Waals surface area (Å²) in [6.07, 6.45) is 22.1. The first-order valence-corrected chi connectivity index (χ1v) is 19.5. The van der Waals surface area contributed by atoms with Crippen LogP contribution in [0.1, 0.15) is 158 Å². The van der Waals surface area contributed by atoms with Crippen LogP contribution < -0.4 is 0 Å². The average molecular weight is 1100 g/mol. The van der Waals surface area contributed by atoms with E-state index in [1.54, 1.807) is 0 Å². The van der Waals surface area contributed by atoms with E-state index in [0.29, 0.717) is 0 Å². The van der Waals surface area contributed by atoms with Gasteiger partial charge in [-0.1, -0.05) is 107 Å².